The SMILES string of the molecule is CCCCC(CC)OC1([N+](=O)[O-])C=CC=CC1C1OCCO1.CCCCCCCOc1ccc(N)c(C2OCCO2)c1. The van der Waals surface area contributed by atoms with Crippen molar-refractivity contribution in [1.29, 1.82) is 0 Å². The third-order valence-electron chi connectivity index (χ3n) is 7.61. The summed E-state index contributed by atoms with van der Waals surface area (Å²) in [5.41, 5.74) is 5.90. The van der Waals surface area contributed by atoms with E-state index in [0.29, 0.717) is 32.1 Å². The number of nitro groups is 1. The van der Waals surface area contributed by atoms with Crippen LogP contribution in [0.2, 0.25) is 0 Å². The van der Waals surface area contributed by atoms with Crippen molar-refractivity contribution in [2.24, 2.45) is 5.92 Å². The molecule has 42 heavy (non-hydrogen) atoms. The van der Waals surface area contributed by atoms with Crippen molar-refractivity contribution in [1.82, 2.24) is 0 Å². The second-order valence-corrected chi connectivity index (χ2v) is 10.8. The maximum absolute atomic E-state index is 11.9. The molecule has 0 saturated carbocycles. The maximum Gasteiger partial charge on any atom is 0.356 e. The molecule has 3 atom stereocenters. The Labute approximate surface area is 250 Å². The summed E-state index contributed by atoms with van der Waals surface area (Å²) in [7, 11) is 0. The summed E-state index contributed by atoms with van der Waals surface area (Å²) in [5.74, 6) is 0.259. The van der Waals surface area contributed by atoms with Gasteiger partial charge in [-0.2, -0.15) is 0 Å². The molecule has 0 radical (unpaired) electrons. The Kier molecular flexibility index (Phi) is 14.8. The van der Waals surface area contributed by atoms with Crippen LogP contribution in [0.1, 0.15) is 90.4 Å². The van der Waals surface area contributed by atoms with Crippen molar-refractivity contribution in [3.8, 4) is 5.75 Å². The summed E-state index contributed by atoms with van der Waals surface area (Å²) in [5, 5.41) is 11.9. The number of benzene rings is 1. The number of allylic oxidation sites excluding steroid dienone is 2. The minimum Gasteiger partial charge on any atom is -0.494 e. The van der Waals surface area contributed by atoms with Gasteiger partial charge in [0.1, 0.15) is 11.7 Å². The second-order valence-electron chi connectivity index (χ2n) is 10.8. The van der Waals surface area contributed by atoms with Crippen molar-refractivity contribution in [2.45, 2.75) is 103 Å². The zero-order valence-corrected chi connectivity index (χ0v) is 25.5. The van der Waals surface area contributed by atoms with Gasteiger partial charge in [0.2, 0.25) is 0 Å². The maximum atomic E-state index is 11.9. The zero-order chi connectivity index (χ0) is 30.2. The lowest BCUT2D eigenvalue weighted by molar-refractivity contribution is -0.631. The lowest BCUT2D eigenvalue weighted by atomic mass is 9.90. The molecule has 2 N–H and O–H groups in total. The quantitative estimate of drug-likeness (QED) is 0.0734. The number of nitrogen functional groups attached to an aromatic ring is 1. The molecule has 0 amide bonds. The third kappa shape index (κ3) is 9.77. The molecule has 0 spiro atoms. The van der Waals surface area contributed by atoms with Gasteiger partial charge in [0.05, 0.1) is 44.1 Å². The van der Waals surface area contributed by atoms with Crippen LogP contribution in [-0.4, -0.2) is 56.1 Å². The van der Waals surface area contributed by atoms with E-state index in [1.807, 2.05) is 25.1 Å². The predicted octanol–water partition coefficient (Wildman–Crippen LogP) is 6.72. The van der Waals surface area contributed by atoms with E-state index in [0.717, 1.165) is 50.0 Å². The van der Waals surface area contributed by atoms with Crippen molar-refractivity contribution < 1.29 is 33.3 Å². The summed E-state index contributed by atoms with van der Waals surface area (Å²) < 4.78 is 33.8. The summed E-state index contributed by atoms with van der Waals surface area (Å²) in [6.45, 7) is 9.22. The highest BCUT2D eigenvalue weighted by Crippen LogP contribution is 2.37. The van der Waals surface area contributed by atoms with E-state index < -0.39 is 17.9 Å². The first-order valence-corrected chi connectivity index (χ1v) is 15.6. The van der Waals surface area contributed by atoms with Crippen LogP contribution in [0.5, 0.6) is 5.75 Å². The molecule has 2 heterocycles. The van der Waals surface area contributed by atoms with E-state index in [4.69, 9.17) is 34.2 Å². The number of hydrogen-bond donors (Lipinski definition) is 1. The lowest BCUT2D eigenvalue weighted by Gasteiger charge is -2.35. The van der Waals surface area contributed by atoms with E-state index in [1.54, 1.807) is 18.2 Å². The minimum absolute atomic E-state index is 0.148. The fraction of sp³-hybridized carbons (Fsp3) is 0.688. The molecular weight excluding hydrogens is 540 g/mol. The van der Waals surface area contributed by atoms with Crippen molar-refractivity contribution in [2.75, 3.05) is 38.8 Å². The molecule has 1 aromatic carbocycles. The summed E-state index contributed by atoms with van der Waals surface area (Å²) >= 11 is 0. The highest BCUT2D eigenvalue weighted by molar-refractivity contribution is 5.51. The number of nitrogens with zero attached hydrogens (tertiary/aromatic N) is 1. The Morgan fingerprint density at radius 2 is 1.67 bits per heavy atom. The molecule has 3 unspecified atom stereocenters. The smallest absolute Gasteiger partial charge is 0.356 e. The number of anilines is 1. The highest BCUT2D eigenvalue weighted by Gasteiger charge is 2.55. The van der Waals surface area contributed by atoms with Gasteiger partial charge in [-0.05, 0) is 37.5 Å². The van der Waals surface area contributed by atoms with Gasteiger partial charge in [0, 0.05) is 17.3 Å². The molecule has 10 nitrogen and oxygen atoms in total. The van der Waals surface area contributed by atoms with Gasteiger partial charge < -0.3 is 34.2 Å². The van der Waals surface area contributed by atoms with Gasteiger partial charge in [-0.25, -0.2) is 0 Å². The topological polar surface area (TPSA) is 125 Å². The fourth-order valence-corrected chi connectivity index (χ4v) is 5.16. The standard InChI is InChI=1S/C16H25NO5.C16H25NO3/c1-3-5-8-13(4-2)22-16(17(18)19)10-7-6-9-14(16)15-20-11-12-21-15;1-2-3-4-5-6-9-18-13-7-8-15(17)14(12-13)16-19-10-11-20-16/h6-7,9-10,13-15H,3-5,8,11-12H2,1-2H3;7-8,12,16H,2-6,9-11,17H2,1H3. The molecule has 3 aliphatic rings. The zero-order valence-electron chi connectivity index (χ0n) is 25.5. The van der Waals surface area contributed by atoms with Gasteiger partial charge in [-0.15, -0.1) is 0 Å². The first-order valence-electron chi connectivity index (χ1n) is 15.6. The van der Waals surface area contributed by atoms with E-state index in [9.17, 15) is 10.1 Å². The van der Waals surface area contributed by atoms with Crippen molar-refractivity contribution in [3.05, 3.63) is 58.2 Å². The Balaban J connectivity index is 0.000000231. The monoisotopic (exact) mass is 590 g/mol. The minimum atomic E-state index is -1.61. The van der Waals surface area contributed by atoms with Crippen LogP contribution in [0.15, 0.2) is 42.5 Å². The van der Waals surface area contributed by atoms with Gasteiger partial charge in [0.25, 0.3) is 0 Å². The summed E-state index contributed by atoms with van der Waals surface area (Å²) in [6.07, 6.45) is 15.4. The number of ether oxygens (including phenoxy) is 6. The number of hydrogen-bond acceptors (Lipinski definition) is 9. The van der Waals surface area contributed by atoms with Crippen LogP contribution in [0.3, 0.4) is 0 Å². The number of nitrogens with two attached hydrogens (primary N) is 1. The first-order chi connectivity index (χ1) is 20.4. The predicted molar refractivity (Wildman–Crippen MR) is 162 cm³/mol. The second kappa shape index (κ2) is 18.2. The van der Waals surface area contributed by atoms with Gasteiger partial charge >= 0.3 is 5.72 Å². The normalized spacial score (nSPS) is 23.1. The average Bonchev–Trinajstić information content (AvgIpc) is 3.74. The number of unbranched alkanes of at least 4 members (excludes halogenated alkanes) is 5. The molecule has 1 aromatic rings. The van der Waals surface area contributed by atoms with Crippen LogP contribution in [0.4, 0.5) is 5.69 Å². The van der Waals surface area contributed by atoms with Gasteiger partial charge in [0.15, 0.2) is 12.6 Å². The molecule has 4 rings (SSSR count). The Bertz CT molecular complexity index is 991. The van der Waals surface area contributed by atoms with Crippen LogP contribution in [0, 0.1) is 16.0 Å². The fourth-order valence-electron chi connectivity index (χ4n) is 5.16. The molecule has 1 aliphatic carbocycles. The molecule has 0 aromatic heterocycles. The summed E-state index contributed by atoms with van der Waals surface area (Å²) in [6, 6.07) is 5.68. The van der Waals surface area contributed by atoms with Crippen molar-refractivity contribution in [3.63, 3.8) is 0 Å². The van der Waals surface area contributed by atoms with Crippen LogP contribution >= 0.6 is 0 Å². The molecule has 10 heteroatoms. The van der Waals surface area contributed by atoms with Crippen molar-refractivity contribution >= 4 is 5.69 Å². The molecule has 236 valence electrons. The van der Waals surface area contributed by atoms with Crippen LogP contribution in [0.25, 0.3) is 0 Å². The van der Waals surface area contributed by atoms with Gasteiger partial charge in [-0.3, -0.25) is 10.1 Å². The molecule has 2 aliphatic heterocycles. The Hall–Kier alpha value is -2.50. The molecule has 0 bridgehead atoms. The first kappa shape index (κ1) is 34.0. The van der Waals surface area contributed by atoms with E-state index >= 15 is 0 Å². The van der Waals surface area contributed by atoms with E-state index in [-0.39, 0.29) is 17.3 Å². The number of rotatable bonds is 16. The Morgan fingerprint density at radius 1 is 0.976 bits per heavy atom. The molecule has 2 saturated heterocycles. The third-order valence-corrected chi connectivity index (χ3v) is 7.61. The highest BCUT2D eigenvalue weighted by atomic mass is 16.7. The summed E-state index contributed by atoms with van der Waals surface area (Å²) in [4.78, 5) is 11.5. The average molecular weight is 591 g/mol. The van der Waals surface area contributed by atoms with Crippen LogP contribution < -0.4 is 10.5 Å². The Morgan fingerprint density at radius 3 is 2.33 bits per heavy atom. The molecule has 2 fully saturated rings. The molecular formula is C32H50N2O8. The van der Waals surface area contributed by atoms with Crippen LogP contribution in [-0.2, 0) is 23.7 Å². The van der Waals surface area contributed by atoms with Gasteiger partial charge in [-0.1, -0.05) is 77.5 Å². The van der Waals surface area contributed by atoms with E-state index in [1.165, 1.54) is 31.8 Å². The largest absolute Gasteiger partial charge is 0.494 e. The lowest BCUT2D eigenvalue weighted by Crippen LogP contribution is -2.53. The van der Waals surface area contributed by atoms with E-state index in [2.05, 4.69) is 13.8 Å².